The van der Waals surface area contributed by atoms with E-state index in [1.165, 1.54) is 11.8 Å². The van der Waals surface area contributed by atoms with Crippen LogP contribution in [0, 0.1) is 0 Å². The van der Waals surface area contributed by atoms with Crippen molar-refractivity contribution in [1.29, 1.82) is 0 Å². The van der Waals surface area contributed by atoms with Gasteiger partial charge < -0.3 is 10.4 Å². The predicted octanol–water partition coefficient (Wildman–Crippen LogP) is 1.07. The Kier molecular flexibility index (Phi) is 6.51. The van der Waals surface area contributed by atoms with E-state index in [1.54, 1.807) is 31.2 Å². The Balaban J connectivity index is 2.40. The first-order valence-corrected chi connectivity index (χ1v) is 9.25. The van der Waals surface area contributed by atoms with Crippen LogP contribution in [0.3, 0.4) is 0 Å². The third kappa shape index (κ3) is 4.36. The molecular formula is C16H20N4O4S. The molecule has 0 spiro atoms. The number of rotatable bonds is 8. The number of amides is 1. The first-order chi connectivity index (χ1) is 12.0. The molecule has 25 heavy (non-hydrogen) atoms. The zero-order chi connectivity index (χ0) is 18.4. The molecule has 134 valence electrons. The highest BCUT2D eigenvalue weighted by Gasteiger charge is 2.27. The molecule has 1 amide bonds. The summed E-state index contributed by atoms with van der Waals surface area (Å²) < 4.78 is 1.04. The second kappa shape index (κ2) is 8.61. The van der Waals surface area contributed by atoms with Crippen molar-refractivity contribution in [2.24, 2.45) is 0 Å². The van der Waals surface area contributed by atoms with E-state index in [-0.39, 0.29) is 6.42 Å². The highest BCUT2D eigenvalue weighted by atomic mass is 32.2. The summed E-state index contributed by atoms with van der Waals surface area (Å²) >= 11 is 1.52. The quantitative estimate of drug-likeness (QED) is 0.720. The van der Waals surface area contributed by atoms with E-state index < -0.39 is 29.5 Å². The maximum atomic E-state index is 12.7. The third-order valence-corrected chi connectivity index (χ3v) is 4.45. The summed E-state index contributed by atoms with van der Waals surface area (Å²) in [6.07, 6.45) is 2.47. The van der Waals surface area contributed by atoms with Gasteiger partial charge in [0.15, 0.2) is 0 Å². The fraction of sp³-hybridized carbons (Fsp3) is 0.438. The highest BCUT2D eigenvalue weighted by Crippen LogP contribution is 2.14. The molecular weight excluding hydrogens is 344 g/mol. The molecule has 9 heteroatoms. The monoisotopic (exact) mass is 364 g/mol. The molecule has 0 radical (unpaired) electrons. The molecule has 0 saturated heterocycles. The lowest BCUT2D eigenvalue weighted by atomic mass is 10.1. The summed E-state index contributed by atoms with van der Waals surface area (Å²) in [6.45, 7) is 1.66. The SMILES string of the molecule is CC[C@H](NC(=O)[C@H](CCSC)n1nnc2ccccc2c1=O)C(=O)O. The Morgan fingerprint density at radius 1 is 1.36 bits per heavy atom. The van der Waals surface area contributed by atoms with Crippen molar-refractivity contribution in [1.82, 2.24) is 20.3 Å². The number of nitrogens with zero attached hydrogens (tertiary/aromatic N) is 3. The van der Waals surface area contributed by atoms with Crippen LogP contribution in [-0.4, -0.2) is 50.0 Å². The summed E-state index contributed by atoms with van der Waals surface area (Å²) in [7, 11) is 0. The van der Waals surface area contributed by atoms with E-state index in [0.29, 0.717) is 23.1 Å². The number of thioether (sulfide) groups is 1. The average Bonchev–Trinajstić information content (AvgIpc) is 2.61. The van der Waals surface area contributed by atoms with Crippen LogP contribution in [0.25, 0.3) is 10.9 Å². The van der Waals surface area contributed by atoms with Gasteiger partial charge in [-0.3, -0.25) is 9.59 Å². The minimum Gasteiger partial charge on any atom is -0.480 e. The van der Waals surface area contributed by atoms with E-state index in [0.717, 1.165) is 4.68 Å². The van der Waals surface area contributed by atoms with Crippen LogP contribution in [0.1, 0.15) is 25.8 Å². The lowest BCUT2D eigenvalue weighted by molar-refractivity contribution is -0.142. The van der Waals surface area contributed by atoms with E-state index in [9.17, 15) is 14.4 Å². The third-order valence-electron chi connectivity index (χ3n) is 3.81. The molecule has 1 aromatic heterocycles. The number of fused-ring (bicyclic) bond motifs is 1. The lowest BCUT2D eigenvalue weighted by Gasteiger charge is -2.20. The number of hydrogen-bond acceptors (Lipinski definition) is 6. The molecule has 1 aromatic carbocycles. The Hall–Kier alpha value is -2.42. The van der Waals surface area contributed by atoms with Gasteiger partial charge in [0.2, 0.25) is 5.91 Å². The first-order valence-electron chi connectivity index (χ1n) is 7.86. The number of hydrogen-bond donors (Lipinski definition) is 2. The van der Waals surface area contributed by atoms with Crippen LogP contribution in [0.5, 0.6) is 0 Å². The lowest BCUT2D eigenvalue weighted by Crippen LogP contribution is -2.46. The number of aliphatic carboxylic acids is 1. The second-order valence-corrected chi connectivity index (χ2v) is 6.45. The molecule has 1 heterocycles. The zero-order valence-electron chi connectivity index (χ0n) is 14.0. The molecule has 2 N–H and O–H groups in total. The maximum absolute atomic E-state index is 12.7. The Labute approximate surface area is 148 Å². The van der Waals surface area contributed by atoms with Gasteiger partial charge in [-0.1, -0.05) is 24.3 Å². The van der Waals surface area contributed by atoms with Gasteiger partial charge in [-0.25, -0.2) is 4.79 Å². The second-order valence-electron chi connectivity index (χ2n) is 5.46. The highest BCUT2D eigenvalue weighted by molar-refractivity contribution is 7.98. The van der Waals surface area contributed by atoms with Crippen LogP contribution < -0.4 is 10.9 Å². The maximum Gasteiger partial charge on any atom is 0.326 e. The van der Waals surface area contributed by atoms with Gasteiger partial charge in [0.05, 0.1) is 5.39 Å². The normalized spacial score (nSPS) is 13.4. The Morgan fingerprint density at radius 2 is 2.08 bits per heavy atom. The molecule has 0 aliphatic heterocycles. The summed E-state index contributed by atoms with van der Waals surface area (Å²) in [4.78, 5) is 36.5. The van der Waals surface area contributed by atoms with E-state index in [2.05, 4.69) is 15.6 Å². The van der Waals surface area contributed by atoms with Crippen molar-refractivity contribution in [2.45, 2.75) is 31.8 Å². The molecule has 0 aliphatic carbocycles. The molecule has 0 unspecified atom stereocenters. The molecule has 2 atom stereocenters. The standard InChI is InChI=1S/C16H20N4O4S/c1-3-11(16(23)24)17-14(21)13(8-9-25-2)20-15(22)10-6-4-5-7-12(10)18-19-20/h4-7,11,13H,3,8-9H2,1-2H3,(H,17,21)(H,23,24)/t11-,13-/m0/s1. The van der Waals surface area contributed by atoms with E-state index in [1.807, 2.05) is 6.26 Å². The first kappa shape index (κ1) is 18.9. The topological polar surface area (TPSA) is 114 Å². The number of aromatic nitrogens is 3. The van der Waals surface area contributed by atoms with Crippen molar-refractivity contribution < 1.29 is 14.7 Å². The van der Waals surface area contributed by atoms with Crippen molar-refractivity contribution >= 4 is 34.5 Å². The van der Waals surface area contributed by atoms with Crippen molar-refractivity contribution in [3.63, 3.8) is 0 Å². The Morgan fingerprint density at radius 3 is 2.72 bits per heavy atom. The van der Waals surface area contributed by atoms with Gasteiger partial charge in [-0.05, 0) is 37.0 Å². The number of carbonyl (C=O) groups is 2. The smallest absolute Gasteiger partial charge is 0.326 e. The van der Waals surface area contributed by atoms with Crippen LogP contribution in [0.4, 0.5) is 0 Å². The fourth-order valence-corrected chi connectivity index (χ4v) is 2.87. The minimum absolute atomic E-state index is 0.245. The fourth-order valence-electron chi connectivity index (χ4n) is 2.41. The minimum atomic E-state index is -1.11. The summed E-state index contributed by atoms with van der Waals surface area (Å²) in [5.74, 6) is -1.05. The van der Waals surface area contributed by atoms with E-state index in [4.69, 9.17) is 5.11 Å². The van der Waals surface area contributed by atoms with Crippen LogP contribution in [0.2, 0.25) is 0 Å². The van der Waals surface area contributed by atoms with Gasteiger partial charge in [-0.2, -0.15) is 16.4 Å². The van der Waals surface area contributed by atoms with Crippen molar-refractivity contribution in [3.05, 3.63) is 34.6 Å². The van der Waals surface area contributed by atoms with Gasteiger partial charge >= 0.3 is 5.97 Å². The Bertz CT molecular complexity index is 823. The summed E-state index contributed by atoms with van der Waals surface area (Å²) in [5.41, 5.74) is 0.0278. The molecule has 0 bridgehead atoms. The number of nitrogens with one attached hydrogen (secondary N) is 1. The molecule has 2 rings (SSSR count). The van der Waals surface area contributed by atoms with Crippen LogP contribution >= 0.6 is 11.8 Å². The van der Waals surface area contributed by atoms with E-state index >= 15 is 0 Å². The predicted molar refractivity (Wildman–Crippen MR) is 95.7 cm³/mol. The largest absolute Gasteiger partial charge is 0.480 e. The number of carbonyl (C=O) groups excluding carboxylic acids is 1. The van der Waals surface area contributed by atoms with Crippen molar-refractivity contribution in [3.8, 4) is 0 Å². The number of carboxylic acids is 1. The van der Waals surface area contributed by atoms with Gasteiger partial charge in [0.1, 0.15) is 17.6 Å². The van der Waals surface area contributed by atoms with Gasteiger partial charge in [0, 0.05) is 0 Å². The zero-order valence-corrected chi connectivity index (χ0v) is 14.8. The molecule has 2 aromatic rings. The van der Waals surface area contributed by atoms with Crippen molar-refractivity contribution in [2.75, 3.05) is 12.0 Å². The summed E-state index contributed by atoms with van der Waals surface area (Å²) in [5, 5.41) is 19.9. The number of benzene rings is 1. The van der Waals surface area contributed by atoms with Gasteiger partial charge in [0.25, 0.3) is 5.56 Å². The van der Waals surface area contributed by atoms with Gasteiger partial charge in [-0.15, -0.1) is 5.10 Å². The van der Waals surface area contributed by atoms with Crippen LogP contribution in [-0.2, 0) is 9.59 Å². The molecule has 0 saturated carbocycles. The summed E-state index contributed by atoms with van der Waals surface area (Å²) in [6, 6.07) is 4.83. The molecule has 0 fully saturated rings. The molecule has 8 nitrogen and oxygen atoms in total. The average molecular weight is 364 g/mol. The molecule has 0 aliphatic rings. The number of carboxylic acid groups (broad SMARTS) is 1. The van der Waals surface area contributed by atoms with Crippen LogP contribution in [0.15, 0.2) is 29.1 Å².